The highest BCUT2D eigenvalue weighted by Gasteiger charge is 2.15. The molecule has 0 aliphatic heterocycles. The molecule has 1 aromatic carbocycles. The van der Waals surface area contributed by atoms with Gasteiger partial charge in [-0.05, 0) is 32.1 Å². The smallest absolute Gasteiger partial charge is 0.232 e. The summed E-state index contributed by atoms with van der Waals surface area (Å²) in [6, 6.07) is 9.16. The minimum absolute atomic E-state index is 0.504. The third-order valence-corrected chi connectivity index (χ3v) is 3.43. The highest BCUT2D eigenvalue weighted by Crippen LogP contribution is 2.16. The Bertz CT molecular complexity index is 403. The number of para-hydroxylation sites is 1. The number of sulfonamides is 1. The van der Waals surface area contributed by atoms with Gasteiger partial charge in [0.1, 0.15) is 0 Å². The molecule has 0 radical (unpaired) electrons. The fourth-order valence-corrected chi connectivity index (χ4v) is 2.45. The average Bonchev–Trinajstić information content (AvgIpc) is 2.24. The topological polar surface area (TPSA) is 49.4 Å². The predicted octanol–water partition coefficient (Wildman–Crippen LogP) is 1.06. The van der Waals surface area contributed by atoms with Crippen LogP contribution in [0.4, 0.5) is 5.69 Å². The molecule has 0 amide bonds. The molecule has 0 heterocycles. The number of hydrogen-bond acceptors (Lipinski definition) is 3. The fourth-order valence-electron chi connectivity index (χ4n) is 1.48. The molecule has 0 bridgehead atoms. The highest BCUT2D eigenvalue weighted by atomic mass is 32.2. The van der Waals surface area contributed by atoms with Gasteiger partial charge in [-0.15, -0.1) is 0 Å². The zero-order chi connectivity index (χ0) is 12.0. The quantitative estimate of drug-likeness (QED) is 0.759. The third kappa shape index (κ3) is 3.83. The number of rotatable bonds is 6. The van der Waals surface area contributed by atoms with Gasteiger partial charge < -0.3 is 5.32 Å². The van der Waals surface area contributed by atoms with Crippen LogP contribution in [0, 0.1) is 0 Å². The molecular weight excluding hydrogens is 224 g/mol. The first-order valence-electron chi connectivity index (χ1n) is 5.23. The first-order chi connectivity index (χ1) is 7.55. The molecule has 0 spiro atoms. The van der Waals surface area contributed by atoms with E-state index in [1.807, 2.05) is 25.2 Å². The molecule has 0 fully saturated rings. The van der Waals surface area contributed by atoms with Crippen molar-refractivity contribution >= 4 is 15.7 Å². The van der Waals surface area contributed by atoms with Gasteiger partial charge in [-0.1, -0.05) is 18.2 Å². The monoisotopic (exact) mass is 242 g/mol. The first kappa shape index (κ1) is 13.0. The van der Waals surface area contributed by atoms with Crippen LogP contribution in [0.15, 0.2) is 30.3 Å². The fraction of sp³-hybridized carbons (Fsp3) is 0.455. The number of nitrogens with one attached hydrogen (secondary N) is 1. The van der Waals surface area contributed by atoms with Crippen molar-refractivity contribution in [3.05, 3.63) is 30.3 Å². The Balaban J connectivity index is 2.81. The van der Waals surface area contributed by atoms with Gasteiger partial charge in [0.05, 0.1) is 11.9 Å². The molecule has 16 heavy (non-hydrogen) atoms. The summed E-state index contributed by atoms with van der Waals surface area (Å²) in [6.45, 7) is 1.31. The van der Waals surface area contributed by atoms with Gasteiger partial charge in [-0.25, -0.2) is 8.42 Å². The Morgan fingerprint density at radius 1 is 1.25 bits per heavy atom. The van der Waals surface area contributed by atoms with Gasteiger partial charge >= 0.3 is 0 Å². The van der Waals surface area contributed by atoms with Gasteiger partial charge in [0.25, 0.3) is 0 Å². The van der Waals surface area contributed by atoms with Crippen molar-refractivity contribution in [2.24, 2.45) is 0 Å². The molecule has 1 aromatic rings. The van der Waals surface area contributed by atoms with Crippen molar-refractivity contribution in [2.45, 2.75) is 6.42 Å². The van der Waals surface area contributed by atoms with E-state index in [0.717, 1.165) is 18.7 Å². The van der Waals surface area contributed by atoms with Crippen LogP contribution >= 0.6 is 0 Å². The van der Waals surface area contributed by atoms with Crippen LogP contribution < -0.4 is 9.62 Å². The van der Waals surface area contributed by atoms with Gasteiger partial charge in [0.15, 0.2) is 0 Å². The van der Waals surface area contributed by atoms with Crippen molar-refractivity contribution < 1.29 is 8.42 Å². The molecule has 0 atom stereocenters. The average molecular weight is 242 g/mol. The Morgan fingerprint density at radius 3 is 2.38 bits per heavy atom. The van der Waals surface area contributed by atoms with E-state index in [4.69, 9.17) is 0 Å². The summed E-state index contributed by atoms with van der Waals surface area (Å²) in [5.74, 6) is 0. The van der Waals surface area contributed by atoms with Crippen LogP contribution in [-0.2, 0) is 10.0 Å². The largest absolute Gasteiger partial charge is 0.320 e. The van der Waals surface area contributed by atoms with E-state index < -0.39 is 10.0 Å². The van der Waals surface area contributed by atoms with Crippen molar-refractivity contribution in [1.82, 2.24) is 5.32 Å². The van der Waals surface area contributed by atoms with E-state index in [0.29, 0.717) is 6.54 Å². The molecule has 90 valence electrons. The number of nitrogens with zero attached hydrogens (tertiary/aromatic N) is 1. The second-order valence-electron chi connectivity index (χ2n) is 3.63. The van der Waals surface area contributed by atoms with Gasteiger partial charge in [0, 0.05) is 6.54 Å². The molecular formula is C11H18N2O2S. The van der Waals surface area contributed by atoms with Crippen LogP contribution in [-0.4, -0.2) is 34.8 Å². The predicted molar refractivity (Wildman–Crippen MR) is 67.2 cm³/mol. The molecule has 0 aliphatic carbocycles. The van der Waals surface area contributed by atoms with Crippen LogP contribution in [0.3, 0.4) is 0 Å². The third-order valence-electron chi connectivity index (χ3n) is 2.23. The number of anilines is 1. The maximum absolute atomic E-state index is 11.6. The summed E-state index contributed by atoms with van der Waals surface area (Å²) in [5, 5.41) is 3.00. The van der Waals surface area contributed by atoms with Crippen molar-refractivity contribution in [2.75, 3.05) is 30.7 Å². The van der Waals surface area contributed by atoms with Gasteiger partial charge in [0.2, 0.25) is 10.0 Å². The Hall–Kier alpha value is -1.07. The summed E-state index contributed by atoms with van der Waals surface area (Å²) < 4.78 is 24.7. The molecule has 0 unspecified atom stereocenters. The Kier molecular flexibility index (Phi) is 4.76. The molecule has 5 heteroatoms. The maximum Gasteiger partial charge on any atom is 0.232 e. The van der Waals surface area contributed by atoms with Crippen molar-refractivity contribution in [1.29, 1.82) is 0 Å². The normalized spacial score (nSPS) is 11.4. The van der Waals surface area contributed by atoms with Crippen LogP contribution in [0.25, 0.3) is 0 Å². The standard InChI is InChI=1S/C11H18N2O2S/c1-12-9-6-10-13(16(2,14)15)11-7-4-3-5-8-11/h3-5,7-8,12H,6,9-10H2,1-2H3. The lowest BCUT2D eigenvalue weighted by molar-refractivity contribution is 0.594. The highest BCUT2D eigenvalue weighted by molar-refractivity contribution is 7.92. The second kappa shape index (κ2) is 5.86. The molecule has 0 aromatic heterocycles. The lowest BCUT2D eigenvalue weighted by atomic mass is 10.3. The van der Waals surface area contributed by atoms with Crippen molar-refractivity contribution in [3.8, 4) is 0 Å². The Labute approximate surface area is 97.3 Å². The van der Waals surface area contributed by atoms with Crippen LogP contribution in [0.1, 0.15) is 6.42 Å². The second-order valence-corrected chi connectivity index (χ2v) is 5.53. The van der Waals surface area contributed by atoms with Gasteiger partial charge in [-0.2, -0.15) is 0 Å². The van der Waals surface area contributed by atoms with E-state index >= 15 is 0 Å². The van der Waals surface area contributed by atoms with E-state index in [1.54, 1.807) is 12.1 Å². The van der Waals surface area contributed by atoms with E-state index in [1.165, 1.54) is 10.6 Å². The zero-order valence-corrected chi connectivity index (χ0v) is 10.5. The van der Waals surface area contributed by atoms with Crippen LogP contribution in [0.5, 0.6) is 0 Å². The summed E-state index contributed by atoms with van der Waals surface area (Å²) in [4.78, 5) is 0. The summed E-state index contributed by atoms with van der Waals surface area (Å²) in [6.07, 6.45) is 2.03. The molecule has 0 saturated heterocycles. The lowest BCUT2D eigenvalue weighted by Crippen LogP contribution is -2.32. The zero-order valence-electron chi connectivity index (χ0n) is 9.68. The van der Waals surface area contributed by atoms with Crippen molar-refractivity contribution in [3.63, 3.8) is 0 Å². The number of benzene rings is 1. The van der Waals surface area contributed by atoms with Crippen LogP contribution in [0.2, 0.25) is 0 Å². The first-order valence-corrected chi connectivity index (χ1v) is 7.08. The van der Waals surface area contributed by atoms with E-state index in [9.17, 15) is 8.42 Å². The summed E-state index contributed by atoms with van der Waals surface area (Å²) in [7, 11) is -1.34. The molecule has 0 aliphatic rings. The molecule has 1 rings (SSSR count). The Morgan fingerprint density at radius 2 is 1.88 bits per heavy atom. The van der Waals surface area contributed by atoms with Gasteiger partial charge in [-0.3, -0.25) is 4.31 Å². The molecule has 1 N–H and O–H groups in total. The molecule has 0 saturated carbocycles. The molecule has 4 nitrogen and oxygen atoms in total. The van der Waals surface area contributed by atoms with E-state index in [-0.39, 0.29) is 0 Å². The maximum atomic E-state index is 11.6. The summed E-state index contributed by atoms with van der Waals surface area (Å²) >= 11 is 0. The van der Waals surface area contributed by atoms with E-state index in [2.05, 4.69) is 5.32 Å². The summed E-state index contributed by atoms with van der Waals surface area (Å²) in [5.41, 5.74) is 0.723. The minimum Gasteiger partial charge on any atom is -0.320 e. The SMILES string of the molecule is CNCCCN(c1ccccc1)S(C)(=O)=O. The lowest BCUT2D eigenvalue weighted by Gasteiger charge is -2.22. The minimum atomic E-state index is -3.19. The number of hydrogen-bond donors (Lipinski definition) is 1.